The zero-order chi connectivity index (χ0) is 32.0. The number of aromatic nitrogens is 2. The Bertz CT molecular complexity index is 1830. The number of carbonyl (C=O) groups is 1. The molecule has 0 aliphatic heterocycles. The molecule has 0 unspecified atom stereocenters. The Labute approximate surface area is 265 Å². The van der Waals surface area contributed by atoms with Crippen molar-refractivity contribution in [3.63, 3.8) is 0 Å². The Balaban J connectivity index is 1.32. The lowest BCUT2D eigenvalue weighted by molar-refractivity contribution is -0.384. The second kappa shape index (κ2) is 13.7. The molecule has 0 atom stereocenters. The number of anilines is 1. The fourth-order valence-corrected chi connectivity index (χ4v) is 5.28. The van der Waals surface area contributed by atoms with Gasteiger partial charge in [-0.15, -0.1) is 0 Å². The monoisotopic (exact) mass is 624 g/mol. The molecule has 11 heteroatoms. The highest BCUT2D eigenvalue weighted by molar-refractivity contribution is 7.80. The van der Waals surface area contributed by atoms with E-state index < -0.39 is 10.3 Å². The van der Waals surface area contributed by atoms with Gasteiger partial charge in [0.05, 0.1) is 11.3 Å². The Morgan fingerprint density at radius 2 is 1.78 bits per heavy atom. The number of rotatable bonds is 12. The van der Waals surface area contributed by atoms with Crippen molar-refractivity contribution in [3.8, 4) is 0 Å². The predicted molar refractivity (Wildman–Crippen MR) is 177 cm³/mol. The molecule has 5 aromatic rings. The van der Waals surface area contributed by atoms with Gasteiger partial charge in [-0.1, -0.05) is 74.5 Å². The van der Waals surface area contributed by atoms with E-state index in [0.29, 0.717) is 23.9 Å². The molecule has 0 fully saturated rings. The van der Waals surface area contributed by atoms with Gasteiger partial charge in [0.2, 0.25) is 0 Å². The van der Waals surface area contributed by atoms with Crippen molar-refractivity contribution in [2.75, 3.05) is 11.9 Å². The van der Waals surface area contributed by atoms with Crippen molar-refractivity contribution < 1.29 is 14.1 Å². The number of benzene rings is 4. The van der Waals surface area contributed by atoms with Gasteiger partial charge in [0.25, 0.3) is 5.69 Å². The first-order chi connectivity index (χ1) is 21.6. The number of halogens is 1. The first kappa shape index (κ1) is 31.4. The Kier molecular flexibility index (Phi) is 9.60. The van der Waals surface area contributed by atoms with Gasteiger partial charge in [0.15, 0.2) is 5.11 Å². The highest BCUT2D eigenvalue weighted by Gasteiger charge is 2.32. The molecule has 0 aliphatic rings. The molecule has 0 radical (unpaired) electrons. The fourth-order valence-electron chi connectivity index (χ4n) is 5.03. The Morgan fingerprint density at radius 1 is 1.04 bits per heavy atom. The number of thiocarbonyl (C=S) groups is 1. The summed E-state index contributed by atoms with van der Waals surface area (Å²) in [7, 11) is 0. The summed E-state index contributed by atoms with van der Waals surface area (Å²) >= 11 is 5.76. The van der Waals surface area contributed by atoms with Crippen LogP contribution in [0.2, 0.25) is 0 Å². The van der Waals surface area contributed by atoms with Crippen LogP contribution in [0.15, 0.2) is 104 Å². The molecule has 45 heavy (non-hydrogen) atoms. The van der Waals surface area contributed by atoms with E-state index in [9.17, 15) is 19.3 Å². The molecule has 0 saturated heterocycles. The molecule has 0 aliphatic carbocycles. The molecule has 9 nitrogen and oxygen atoms in total. The predicted octanol–water partition coefficient (Wildman–Crippen LogP) is 6.67. The minimum Gasteiger partial charge on any atom is -0.331 e. The van der Waals surface area contributed by atoms with Crippen LogP contribution in [0.3, 0.4) is 0 Å². The maximum atomic E-state index is 13.9. The van der Waals surface area contributed by atoms with Crippen LogP contribution in [0.25, 0.3) is 10.8 Å². The number of non-ortho nitro benzene ring substituents is 1. The lowest BCUT2D eigenvalue weighted by Gasteiger charge is -2.34. The molecule has 0 spiro atoms. The normalized spacial score (nSPS) is 11.4. The van der Waals surface area contributed by atoms with Crippen LogP contribution in [0, 0.1) is 21.3 Å². The van der Waals surface area contributed by atoms with Gasteiger partial charge in [-0.3, -0.25) is 19.9 Å². The lowest BCUT2D eigenvalue weighted by Crippen LogP contribution is -2.51. The molecular weight excluding hydrogens is 591 g/mol. The lowest BCUT2D eigenvalue weighted by atomic mass is 9.85. The number of hydrogen-bond donors (Lipinski definition) is 2. The number of ketones is 1. The number of hydrazine groups is 1. The number of Topliss-reactive ketones (excluding diaryl/α,β-unsaturated/α-hetero) is 1. The molecule has 4 aromatic carbocycles. The summed E-state index contributed by atoms with van der Waals surface area (Å²) in [5.41, 5.74) is 5.70. The van der Waals surface area contributed by atoms with E-state index in [2.05, 4.69) is 33.9 Å². The minimum atomic E-state index is -0.859. The number of nitro groups is 1. The van der Waals surface area contributed by atoms with E-state index in [-0.39, 0.29) is 30.3 Å². The van der Waals surface area contributed by atoms with Crippen LogP contribution in [0.5, 0.6) is 0 Å². The number of nitrogens with one attached hydrogen (secondary N) is 2. The van der Waals surface area contributed by atoms with Crippen LogP contribution in [0.1, 0.15) is 30.7 Å². The topological polar surface area (TPSA) is 105 Å². The van der Waals surface area contributed by atoms with Crippen molar-refractivity contribution >= 4 is 45.3 Å². The second-order valence-electron chi connectivity index (χ2n) is 11.4. The SMILES string of the molecule is CC(C)(CN(NCc1cccc2ccccc12)C(=S)Nc1cccc(F)c1)C(=O)Cc1cncn1Cc1ccc([N+](=O)[O-])cc1. The molecule has 0 amide bonds. The zero-order valence-corrected chi connectivity index (χ0v) is 25.8. The van der Waals surface area contributed by atoms with Crippen LogP contribution in [-0.4, -0.2) is 36.9 Å². The van der Waals surface area contributed by atoms with Gasteiger partial charge in [-0.25, -0.2) is 14.8 Å². The summed E-state index contributed by atoms with van der Waals surface area (Å²) in [6.45, 7) is 4.82. The third-order valence-electron chi connectivity index (χ3n) is 7.61. The molecule has 230 valence electrons. The summed E-state index contributed by atoms with van der Waals surface area (Å²) < 4.78 is 15.8. The zero-order valence-electron chi connectivity index (χ0n) is 24.9. The number of fused-ring (bicyclic) bond motifs is 1. The van der Waals surface area contributed by atoms with Crippen molar-refractivity contribution in [2.45, 2.75) is 33.4 Å². The number of nitro benzene ring substituents is 1. The molecule has 5 rings (SSSR count). The van der Waals surface area contributed by atoms with E-state index >= 15 is 0 Å². The highest BCUT2D eigenvalue weighted by Crippen LogP contribution is 2.24. The van der Waals surface area contributed by atoms with Crippen molar-refractivity contribution in [1.82, 2.24) is 20.0 Å². The molecule has 0 bridgehead atoms. The molecular formula is C34H33FN6O3S. The molecule has 2 N–H and O–H groups in total. The van der Waals surface area contributed by atoms with Crippen molar-refractivity contribution in [3.05, 3.63) is 136 Å². The number of imidazole rings is 1. The summed E-state index contributed by atoms with van der Waals surface area (Å²) in [5, 5.41) is 18.3. The average Bonchev–Trinajstić information content (AvgIpc) is 3.45. The third-order valence-corrected chi connectivity index (χ3v) is 7.93. The number of nitrogens with zero attached hydrogens (tertiary/aromatic N) is 4. The summed E-state index contributed by atoms with van der Waals surface area (Å²) in [6.07, 6.45) is 3.43. The number of carbonyl (C=O) groups excluding carboxylic acids is 1. The third kappa shape index (κ3) is 7.94. The van der Waals surface area contributed by atoms with E-state index in [1.165, 1.54) is 24.3 Å². The van der Waals surface area contributed by atoms with Crippen LogP contribution in [0.4, 0.5) is 15.8 Å². The van der Waals surface area contributed by atoms with Gasteiger partial charge in [-0.2, -0.15) is 0 Å². The van der Waals surface area contributed by atoms with Gasteiger partial charge >= 0.3 is 0 Å². The standard InChI is InChI=1S/C34H33FN6O3S/c1-34(2,32(42)18-30-20-36-23-39(30)21-24-13-15-29(16-14-24)41(43)44)22-40(33(45)38-28-11-6-10-27(35)17-28)37-19-26-9-5-8-25-7-3-4-12-31(25)26/h3-17,20,23,37H,18-19,21-22H2,1-2H3,(H,38,45). The summed E-state index contributed by atoms with van der Waals surface area (Å²) in [4.78, 5) is 28.6. The molecule has 1 aromatic heterocycles. The Hall–Kier alpha value is -5.00. The Morgan fingerprint density at radius 3 is 2.53 bits per heavy atom. The molecule has 0 saturated carbocycles. The quantitative estimate of drug-likeness (QED) is 0.0901. The summed E-state index contributed by atoms with van der Waals surface area (Å²) in [6, 6.07) is 26.6. The van der Waals surface area contributed by atoms with Gasteiger partial charge in [0.1, 0.15) is 11.6 Å². The maximum Gasteiger partial charge on any atom is 0.269 e. The maximum absolute atomic E-state index is 13.9. The van der Waals surface area contributed by atoms with Crippen LogP contribution in [-0.2, 0) is 24.3 Å². The summed E-state index contributed by atoms with van der Waals surface area (Å²) in [5.74, 6) is -0.419. The van der Waals surface area contributed by atoms with E-state index in [1.54, 1.807) is 41.8 Å². The molecule has 1 heterocycles. The van der Waals surface area contributed by atoms with Crippen molar-refractivity contribution in [2.24, 2.45) is 5.41 Å². The van der Waals surface area contributed by atoms with Gasteiger partial charge in [0, 0.05) is 61.2 Å². The van der Waals surface area contributed by atoms with Gasteiger partial charge in [-0.05, 0) is 52.3 Å². The van der Waals surface area contributed by atoms with Crippen molar-refractivity contribution in [1.29, 1.82) is 0 Å². The minimum absolute atomic E-state index is 0.0185. The van der Waals surface area contributed by atoms with Crippen LogP contribution < -0.4 is 10.7 Å². The first-order valence-electron chi connectivity index (χ1n) is 14.4. The first-order valence-corrected chi connectivity index (χ1v) is 14.8. The number of hydrogen-bond acceptors (Lipinski definition) is 6. The van der Waals surface area contributed by atoms with E-state index in [0.717, 1.165) is 27.6 Å². The smallest absolute Gasteiger partial charge is 0.269 e. The van der Waals surface area contributed by atoms with Gasteiger partial charge < -0.3 is 9.88 Å². The second-order valence-corrected chi connectivity index (χ2v) is 11.8. The fraction of sp³-hybridized carbons (Fsp3) is 0.206. The van der Waals surface area contributed by atoms with Crippen LogP contribution >= 0.6 is 12.2 Å². The largest absolute Gasteiger partial charge is 0.331 e. The van der Waals surface area contributed by atoms with E-state index in [4.69, 9.17) is 12.2 Å². The average molecular weight is 625 g/mol. The van der Waals surface area contributed by atoms with E-state index in [1.807, 2.05) is 42.7 Å². The highest BCUT2D eigenvalue weighted by atomic mass is 32.1.